The highest BCUT2D eigenvalue weighted by Gasteiger charge is 2.20. The van der Waals surface area contributed by atoms with Crippen LogP contribution >= 0.6 is 0 Å². The molecular formula is C25H29N3O5. The fourth-order valence-corrected chi connectivity index (χ4v) is 4.11. The highest BCUT2D eigenvalue weighted by atomic mass is 16.4. The normalized spacial score (nSPS) is 14.6. The maximum Gasteiger partial charge on any atom is 0.414 e. The Hall–Kier alpha value is -3.65. The van der Waals surface area contributed by atoms with E-state index < -0.39 is 11.9 Å². The van der Waals surface area contributed by atoms with E-state index in [9.17, 15) is 4.79 Å². The number of amides is 1. The maximum atomic E-state index is 11.7. The smallest absolute Gasteiger partial charge is 0.414 e. The molecule has 1 heterocycles. The summed E-state index contributed by atoms with van der Waals surface area (Å²) in [4.78, 5) is 35.2. The molecule has 33 heavy (non-hydrogen) atoms. The third-order valence-electron chi connectivity index (χ3n) is 5.81. The number of carbonyl (C=O) groups is 3. The van der Waals surface area contributed by atoms with E-state index in [1.165, 1.54) is 22.2 Å². The Morgan fingerprint density at radius 3 is 2.48 bits per heavy atom. The predicted octanol–water partition coefficient (Wildman–Crippen LogP) is 3.13. The zero-order valence-corrected chi connectivity index (χ0v) is 18.4. The molecule has 3 aromatic rings. The Morgan fingerprint density at radius 1 is 1.09 bits per heavy atom. The molecular weight excluding hydrogens is 422 g/mol. The van der Waals surface area contributed by atoms with Gasteiger partial charge in [-0.25, -0.2) is 9.59 Å². The Labute approximate surface area is 192 Å². The lowest BCUT2D eigenvalue weighted by Crippen LogP contribution is -2.27. The van der Waals surface area contributed by atoms with Crippen LogP contribution < -0.4 is 10.6 Å². The van der Waals surface area contributed by atoms with Crippen molar-refractivity contribution in [3.8, 4) is 0 Å². The summed E-state index contributed by atoms with van der Waals surface area (Å²) in [6, 6.07) is 17.0. The van der Waals surface area contributed by atoms with E-state index in [0.29, 0.717) is 0 Å². The van der Waals surface area contributed by atoms with Gasteiger partial charge in [-0.2, -0.15) is 0 Å². The summed E-state index contributed by atoms with van der Waals surface area (Å²) in [6.45, 7) is 0.744. The van der Waals surface area contributed by atoms with Crippen LogP contribution in [0.5, 0.6) is 0 Å². The number of nitrogens with one attached hydrogen (secondary N) is 1. The van der Waals surface area contributed by atoms with Crippen molar-refractivity contribution in [3.05, 3.63) is 65.4 Å². The summed E-state index contributed by atoms with van der Waals surface area (Å²) >= 11 is 0. The zero-order valence-electron chi connectivity index (χ0n) is 18.4. The first-order valence-corrected chi connectivity index (χ1v) is 11.0. The van der Waals surface area contributed by atoms with Gasteiger partial charge in [0.15, 0.2) is 0 Å². The molecule has 174 valence electrons. The molecule has 1 aliphatic carbocycles. The number of aryl methyl sites for hydroxylation is 2. The average Bonchev–Trinajstić information content (AvgIpc) is 3.17. The van der Waals surface area contributed by atoms with Crippen molar-refractivity contribution in [2.24, 2.45) is 5.73 Å². The standard InChI is InChI=1S/C23H27N3O.C2H2O4/c24-18-9-11-22-20(14-18)21-15-19(10-12-23(21)25-22)26(16-27)13-5-4-8-17-6-2-1-3-7-17;3-1(4)2(5)6/h1-3,6-7,10,12,15-16,18,25H,4-5,8-9,11,13-14,24H2;(H,3,4)(H,5,6). The second-order valence-electron chi connectivity index (χ2n) is 8.17. The van der Waals surface area contributed by atoms with Gasteiger partial charge in [0, 0.05) is 34.9 Å². The first kappa shape index (κ1) is 24.0. The third kappa shape index (κ3) is 6.43. The topological polar surface area (TPSA) is 137 Å². The van der Waals surface area contributed by atoms with E-state index in [4.69, 9.17) is 25.5 Å². The van der Waals surface area contributed by atoms with Crippen molar-refractivity contribution in [2.45, 2.75) is 44.6 Å². The van der Waals surface area contributed by atoms with Gasteiger partial charge in [-0.05, 0) is 67.9 Å². The molecule has 1 unspecified atom stereocenters. The largest absolute Gasteiger partial charge is 0.473 e. The molecule has 0 saturated carbocycles. The summed E-state index contributed by atoms with van der Waals surface area (Å²) in [6.07, 6.45) is 7.03. The van der Waals surface area contributed by atoms with Gasteiger partial charge in [-0.3, -0.25) is 4.79 Å². The third-order valence-corrected chi connectivity index (χ3v) is 5.81. The number of benzene rings is 2. The number of anilines is 1. The van der Waals surface area contributed by atoms with Crippen LogP contribution in [0.15, 0.2) is 48.5 Å². The number of nitrogens with two attached hydrogens (primary N) is 1. The number of carboxylic acid groups (broad SMARTS) is 2. The summed E-state index contributed by atoms with van der Waals surface area (Å²) in [5, 5.41) is 16.0. The van der Waals surface area contributed by atoms with Crippen LogP contribution in [0.2, 0.25) is 0 Å². The van der Waals surface area contributed by atoms with Crippen LogP contribution in [0.25, 0.3) is 10.9 Å². The monoisotopic (exact) mass is 451 g/mol. The first-order chi connectivity index (χ1) is 15.9. The number of fused-ring (bicyclic) bond motifs is 3. The minimum atomic E-state index is -1.82. The zero-order chi connectivity index (χ0) is 23.8. The van der Waals surface area contributed by atoms with E-state index in [0.717, 1.165) is 62.7 Å². The van der Waals surface area contributed by atoms with E-state index in [1.807, 2.05) is 17.0 Å². The lowest BCUT2D eigenvalue weighted by Gasteiger charge is -2.19. The Balaban J connectivity index is 0.000000454. The molecule has 4 rings (SSSR count). The Morgan fingerprint density at radius 2 is 1.82 bits per heavy atom. The van der Waals surface area contributed by atoms with E-state index in [-0.39, 0.29) is 6.04 Å². The molecule has 1 atom stereocenters. The molecule has 8 nitrogen and oxygen atoms in total. The van der Waals surface area contributed by atoms with E-state index in [1.54, 1.807) is 0 Å². The number of rotatable bonds is 7. The number of aromatic amines is 1. The number of hydrogen-bond acceptors (Lipinski definition) is 4. The van der Waals surface area contributed by atoms with E-state index in [2.05, 4.69) is 41.4 Å². The van der Waals surface area contributed by atoms with Crippen molar-refractivity contribution in [3.63, 3.8) is 0 Å². The summed E-state index contributed by atoms with van der Waals surface area (Å²) in [7, 11) is 0. The molecule has 2 aromatic carbocycles. The van der Waals surface area contributed by atoms with Gasteiger partial charge >= 0.3 is 11.9 Å². The van der Waals surface area contributed by atoms with Gasteiger partial charge in [0.05, 0.1) is 0 Å². The number of aliphatic carboxylic acids is 2. The molecule has 0 radical (unpaired) electrons. The summed E-state index contributed by atoms with van der Waals surface area (Å²) < 4.78 is 0. The number of carboxylic acids is 2. The molecule has 0 saturated heterocycles. The lowest BCUT2D eigenvalue weighted by atomic mass is 9.92. The molecule has 8 heteroatoms. The molecule has 0 spiro atoms. The van der Waals surface area contributed by atoms with Crippen molar-refractivity contribution >= 4 is 34.9 Å². The molecule has 5 N–H and O–H groups in total. The molecule has 0 fully saturated rings. The highest BCUT2D eigenvalue weighted by molar-refractivity contribution is 6.27. The number of carbonyl (C=O) groups excluding carboxylic acids is 1. The summed E-state index contributed by atoms with van der Waals surface area (Å²) in [5.74, 6) is -3.65. The van der Waals surface area contributed by atoms with Crippen molar-refractivity contribution in [2.75, 3.05) is 11.4 Å². The van der Waals surface area contributed by atoms with Crippen LogP contribution in [0.3, 0.4) is 0 Å². The minimum Gasteiger partial charge on any atom is -0.473 e. The average molecular weight is 452 g/mol. The minimum absolute atomic E-state index is 0.236. The SMILES string of the molecule is NC1CCc2[nH]c3ccc(N(C=O)CCCCc4ccccc4)cc3c2C1.O=C(O)C(=O)O. The number of hydrogen-bond donors (Lipinski definition) is 4. The van der Waals surface area contributed by atoms with Gasteiger partial charge in [0.1, 0.15) is 0 Å². The van der Waals surface area contributed by atoms with Gasteiger partial charge in [-0.15, -0.1) is 0 Å². The molecule has 1 aliphatic rings. The number of unbranched alkanes of at least 4 members (excludes halogenated alkanes) is 1. The fraction of sp³-hybridized carbons (Fsp3) is 0.320. The highest BCUT2D eigenvalue weighted by Crippen LogP contribution is 2.31. The Kier molecular flexibility index (Phi) is 8.21. The van der Waals surface area contributed by atoms with Gasteiger partial charge in [0.25, 0.3) is 0 Å². The molecule has 0 bridgehead atoms. The van der Waals surface area contributed by atoms with Gasteiger partial charge in [0.2, 0.25) is 6.41 Å². The second-order valence-corrected chi connectivity index (χ2v) is 8.17. The van der Waals surface area contributed by atoms with E-state index >= 15 is 0 Å². The van der Waals surface area contributed by atoms with Crippen LogP contribution in [-0.4, -0.2) is 46.1 Å². The number of H-pyrrole nitrogens is 1. The molecule has 0 aliphatic heterocycles. The van der Waals surface area contributed by atoms with Crippen molar-refractivity contribution in [1.82, 2.24) is 4.98 Å². The predicted molar refractivity (Wildman–Crippen MR) is 126 cm³/mol. The summed E-state index contributed by atoms with van der Waals surface area (Å²) in [5.41, 5.74) is 12.3. The quantitative estimate of drug-likeness (QED) is 0.247. The first-order valence-electron chi connectivity index (χ1n) is 11.0. The fourth-order valence-electron chi connectivity index (χ4n) is 4.11. The second kappa shape index (κ2) is 11.3. The van der Waals surface area contributed by atoms with Crippen molar-refractivity contribution < 1.29 is 24.6 Å². The Bertz CT molecular complexity index is 1100. The van der Waals surface area contributed by atoms with Crippen molar-refractivity contribution in [1.29, 1.82) is 0 Å². The number of aromatic nitrogens is 1. The lowest BCUT2D eigenvalue weighted by molar-refractivity contribution is -0.159. The molecule has 1 amide bonds. The molecule has 1 aromatic heterocycles. The van der Waals surface area contributed by atoms with Crippen LogP contribution in [0, 0.1) is 0 Å². The maximum absolute atomic E-state index is 11.7. The van der Waals surface area contributed by atoms with Gasteiger partial charge < -0.3 is 25.8 Å². The van der Waals surface area contributed by atoms with Crippen LogP contribution in [0.4, 0.5) is 5.69 Å². The van der Waals surface area contributed by atoms with Gasteiger partial charge in [-0.1, -0.05) is 30.3 Å². The number of nitrogens with zero attached hydrogens (tertiary/aromatic N) is 1. The van der Waals surface area contributed by atoms with Crippen LogP contribution in [-0.2, 0) is 33.6 Å². The van der Waals surface area contributed by atoms with Crippen LogP contribution in [0.1, 0.15) is 36.1 Å².